The average Bonchev–Trinajstić information content (AvgIpc) is 3.15. The summed E-state index contributed by atoms with van der Waals surface area (Å²) in [6, 6.07) is 2.45. The van der Waals surface area contributed by atoms with Crippen LogP contribution in [0.3, 0.4) is 0 Å². The van der Waals surface area contributed by atoms with E-state index in [-0.39, 0.29) is 42.1 Å². The first-order chi connectivity index (χ1) is 15.3. The summed E-state index contributed by atoms with van der Waals surface area (Å²) in [5.41, 5.74) is -0.290. The maximum atomic E-state index is 14.4. The minimum atomic E-state index is -1.12. The van der Waals surface area contributed by atoms with Gasteiger partial charge >= 0.3 is 6.03 Å². The Morgan fingerprint density at radius 1 is 1.19 bits per heavy atom. The molecular formula is C20H18F4N6O2. The zero-order valence-electron chi connectivity index (χ0n) is 16.5. The fourth-order valence-corrected chi connectivity index (χ4v) is 3.92. The van der Waals surface area contributed by atoms with Crippen molar-refractivity contribution >= 4 is 23.2 Å². The van der Waals surface area contributed by atoms with E-state index in [1.165, 1.54) is 12.3 Å². The van der Waals surface area contributed by atoms with Crippen LogP contribution in [-0.2, 0) is 0 Å². The van der Waals surface area contributed by atoms with Crippen molar-refractivity contribution < 1.29 is 27.5 Å². The number of benzene rings is 1. The van der Waals surface area contributed by atoms with E-state index in [4.69, 9.17) is 0 Å². The third-order valence-corrected chi connectivity index (χ3v) is 5.59. The molecule has 2 amide bonds. The third kappa shape index (κ3) is 3.70. The first-order valence-electron chi connectivity index (χ1n) is 9.96. The van der Waals surface area contributed by atoms with Crippen molar-refractivity contribution in [2.45, 2.75) is 37.2 Å². The number of carbonyl (C=O) groups excluding carboxylic acids is 1. The summed E-state index contributed by atoms with van der Waals surface area (Å²) in [6.07, 6.45) is -0.215. The lowest BCUT2D eigenvalue weighted by molar-refractivity contribution is 0.194. The van der Waals surface area contributed by atoms with Crippen molar-refractivity contribution in [1.29, 1.82) is 0 Å². The quantitative estimate of drug-likeness (QED) is 0.532. The smallest absolute Gasteiger partial charge is 0.319 e. The lowest BCUT2D eigenvalue weighted by Gasteiger charge is -2.26. The highest BCUT2D eigenvalue weighted by Gasteiger charge is 2.39. The number of alkyl halides is 1. The molecule has 1 aliphatic heterocycles. The Labute approximate surface area is 178 Å². The molecule has 1 aliphatic carbocycles. The number of urea groups is 1. The number of nitrogens with zero attached hydrogens (tertiary/aromatic N) is 4. The number of hydrogen-bond acceptors (Lipinski definition) is 5. The van der Waals surface area contributed by atoms with E-state index in [0.29, 0.717) is 0 Å². The summed E-state index contributed by atoms with van der Waals surface area (Å²) >= 11 is 0. The van der Waals surface area contributed by atoms with Gasteiger partial charge in [0.25, 0.3) is 5.95 Å². The number of aliphatic hydroxyl groups is 1. The van der Waals surface area contributed by atoms with Gasteiger partial charge in [0.1, 0.15) is 29.3 Å². The van der Waals surface area contributed by atoms with Crippen molar-refractivity contribution in [3.63, 3.8) is 0 Å². The number of amides is 2. The van der Waals surface area contributed by atoms with Crippen molar-refractivity contribution in [3.8, 4) is 0 Å². The summed E-state index contributed by atoms with van der Waals surface area (Å²) in [5, 5.41) is 18.5. The number of aliphatic hydroxyl groups excluding tert-OH is 1. The van der Waals surface area contributed by atoms with Gasteiger partial charge < -0.3 is 20.6 Å². The van der Waals surface area contributed by atoms with E-state index >= 15 is 0 Å². The van der Waals surface area contributed by atoms with Gasteiger partial charge in [-0.15, -0.1) is 5.10 Å². The van der Waals surface area contributed by atoms with Crippen molar-refractivity contribution in [1.82, 2.24) is 19.9 Å². The molecule has 5 rings (SSSR count). The number of aromatic nitrogens is 3. The molecule has 1 aromatic carbocycles. The number of rotatable bonds is 4. The van der Waals surface area contributed by atoms with Crippen LogP contribution in [0.15, 0.2) is 30.5 Å². The fraction of sp³-hybridized carbons (Fsp3) is 0.350. The molecule has 4 atom stereocenters. The summed E-state index contributed by atoms with van der Waals surface area (Å²) in [5.74, 6) is -1.99. The molecule has 0 bridgehead atoms. The second-order valence-corrected chi connectivity index (χ2v) is 7.90. The van der Waals surface area contributed by atoms with Gasteiger partial charge in [0.05, 0.1) is 18.2 Å². The minimum absolute atomic E-state index is 0.0393. The molecule has 168 valence electrons. The van der Waals surface area contributed by atoms with Gasteiger partial charge in [-0.1, -0.05) is 0 Å². The summed E-state index contributed by atoms with van der Waals surface area (Å²) < 4.78 is 56.6. The van der Waals surface area contributed by atoms with Gasteiger partial charge in [-0.2, -0.15) is 4.39 Å². The van der Waals surface area contributed by atoms with E-state index in [0.717, 1.165) is 22.7 Å². The number of fused-ring (bicyclic) bond motifs is 1. The highest BCUT2D eigenvalue weighted by atomic mass is 19.1. The van der Waals surface area contributed by atoms with Crippen LogP contribution in [-0.4, -0.2) is 50.6 Å². The normalized spacial score (nSPS) is 24.7. The summed E-state index contributed by atoms with van der Waals surface area (Å²) in [7, 11) is 0. The third-order valence-electron chi connectivity index (χ3n) is 5.59. The van der Waals surface area contributed by atoms with Gasteiger partial charge in [0.2, 0.25) is 0 Å². The average molecular weight is 450 g/mol. The summed E-state index contributed by atoms with van der Waals surface area (Å²) in [6.45, 7) is 0.0865. The largest absolute Gasteiger partial charge is 0.391 e. The highest BCUT2D eigenvalue weighted by molar-refractivity contribution is 5.93. The van der Waals surface area contributed by atoms with Gasteiger partial charge in [-0.3, -0.25) is 0 Å². The van der Waals surface area contributed by atoms with Crippen LogP contribution in [0.4, 0.5) is 33.9 Å². The second-order valence-electron chi connectivity index (χ2n) is 7.90. The van der Waals surface area contributed by atoms with Crippen LogP contribution >= 0.6 is 0 Å². The zero-order valence-corrected chi connectivity index (χ0v) is 16.5. The van der Waals surface area contributed by atoms with Crippen LogP contribution in [0.2, 0.25) is 0 Å². The Hall–Kier alpha value is -3.41. The number of nitrogens with one attached hydrogen (secondary N) is 2. The molecule has 12 heteroatoms. The Kier molecular flexibility index (Phi) is 4.88. The lowest BCUT2D eigenvalue weighted by Crippen LogP contribution is -2.32. The molecule has 3 heterocycles. The first-order valence-corrected chi connectivity index (χ1v) is 9.96. The molecule has 1 saturated carbocycles. The maximum Gasteiger partial charge on any atom is 0.319 e. The molecule has 3 N–H and O–H groups in total. The van der Waals surface area contributed by atoms with Crippen LogP contribution in [0.1, 0.15) is 24.4 Å². The van der Waals surface area contributed by atoms with Crippen LogP contribution < -0.4 is 15.5 Å². The standard InChI is InChI=1S/C20H18F4N6O2/c21-9-1-2-12(22)11(5-9)15-6-10(31)8-29(15)16-3-4-30-19(26-16)17(18(24)28-30)27-20(32)25-14-7-13(14)23/h1-5,10,13-15,31H,6-8H2,(H2,25,27,32)/t10-,13+,14-,15+/m0/s1. The van der Waals surface area contributed by atoms with E-state index in [1.54, 1.807) is 4.90 Å². The summed E-state index contributed by atoms with van der Waals surface area (Å²) in [4.78, 5) is 18.0. The highest BCUT2D eigenvalue weighted by Crippen LogP contribution is 2.37. The van der Waals surface area contributed by atoms with E-state index in [9.17, 15) is 27.5 Å². The van der Waals surface area contributed by atoms with Crippen molar-refractivity contribution in [3.05, 3.63) is 53.6 Å². The van der Waals surface area contributed by atoms with E-state index in [2.05, 4.69) is 20.7 Å². The van der Waals surface area contributed by atoms with E-state index in [1.807, 2.05) is 0 Å². The van der Waals surface area contributed by atoms with Crippen LogP contribution in [0.5, 0.6) is 0 Å². The number of β-amino-alcohol motifs (C(OH)–C–C–N with tert-alkyl or cyclic N) is 1. The SMILES string of the molecule is O=C(Nc1c(F)nn2ccc(N3C[C@@H](O)C[C@@H]3c3cc(F)ccc3F)nc12)N[C@H]1C[C@H]1F. The molecular weight excluding hydrogens is 432 g/mol. The van der Waals surface area contributed by atoms with Crippen LogP contribution in [0.25, 0.3) is 5.65 Å². The monoisotopic (exact) mass is 450 g/mol. The number of halogens is 4. The number of anilines is 2. The Bertz CT molecular complexity index is 1200. The molecule has 3 aromatic rings. The van der Waals surface area contributed by atoms with Crippen molar-refractivity contribution in [2.75, 3.05) is 16.8 Å². The topological polar surface area (TPSA) is 94.8 Å². The predicted octanol–water partition coefficient (Wildman–Crippen LogP) is 2.69. The molecule has 0 radical (unpaired) electrons. The molecule has 2 aromatic heterocycles. The van der Waals surface area contributed by atoms with E-state index < -0.39 is 48.0 Å². The molecule has 32 heavy (non-hydrogen) atoms. The molecule has 1 saturated heterocycles. The van der Waals surface area contributed by atoms with Gasteiger partial charge in [0, 0.05) is 24.7 Å². The molecule has 2 aliphatic rings. The lowest BCUT2D eigenvalue weighted by atomic mass is 10.0. The van der Waals surface area contributed by atoms with Crippen LogP contribution in [0, 0.1) is 17.6 Å². The van der Waals surface area contributed by atoms with Crippen molar-refractivity contribution in [2.24, 2.45) is 0 Å². The zero-order chi connectivity index (χ0) is 22.6. The van der Waals surface area contributed by atoms with Gasteiger partial charge in [-0.25, -0.2) is 27.5 Å². The fourth-order valence-electron chi connectivity index (χ4n) is 3.92. The van der Waals surface area contributed by atoms with Gasteiger partial charge in [-0.05, 0) is 30.7 Å². The van der Waals surface area contributed by atoms with Gasteiger partial charge in [0.15, 0.2) is 5.65 Å². The first kappa shape index (κ1) is 20.5. The Morgan fingerprint density at radius 3 is 2.72 bits per heavy atom. The molecule has 8 nitrogen and oxygen atoms in total. The maximum absolute atomic E-state index is 14.4. The molecule has 2 fully saturated rings. The number of hydrogen-bond donors (Lipinski definition) is 3. The molecule has 0 unspecified atom stereocenters. The number of carbonyl (C=O) groups is 1. The Balaban J connectivity index is 1.48. The Morgan fingerprint density at radius 2 is 1.97 bits per heavy atom. The second kappa shape index (κ2) is 7.62. The minimum Gasteiger partial charge on any atom is -0.391 e. The predicted molar refractivity (Wildman–Crippen MR) is 105 cm³/mol. The molecule has 0 spiro atoms.